The maximum atomic E-state index is 3.02. The smallest absolute Gasteiger partial charge is 0.0862 e. The van der Waals surface area contributed by atoms with Crippen LogP contribution in [-0.4, -0.2) is 17.2 Å². The first kappa shape index (κ1) is 6.95. The van der Waals surface area contributed by atoms with E-state index < -0.39 is 0 Å². The van der Waals surface area contributed by atoms with E-state index in [-0.39, 0.29) is 0 Å². The third-order valence-electron chi connectivity index (χ3n) is 1.44. The van der Waals surface area contributed by atoms with Gasteiger partial charge in [-0.1, -0.05) is 0 Å². The molecule has 0 bridgehead atoms. The van der Waals surface area contributed by atoms with E-state index in [1.807, 2.05) is 0 Å². The molecule has 1 saturated heterocycles. The molecule has 4 nitrogen and oxygen atoms in total. The van der Waals surface area contributed by atoms with Crippen LogP contribution in [-0.2, 0) is 0 Å². The van der Waals surface area contributed by atoms with E-state index in [4.69, 9.17) is 0 Å². The Labute approximate surface area is 55.5 Å². The summed E-state index contributed by atoms with van der Waals surface area (Å²) in [5.41, 5.74) is 8.82. The zero-order valence-electron chi connectivity index (χ0n) is 6.10. The predicted molar refractivity (Wildman–Crippen MR) is 35.8 cm³/mol. The predicted octanol–water partition coefficient (Wildman–Crippen LogP) is -0.430. The van der Waals surface area contributed by atoms with Crippen molar-refractivity contribution >= 4 is 0 Å². The Morgan fingerprint density at radius 3 is 2.33 bits per heavy atom. The minimum Gasteiger partial charge on any atom is -0.225 e. The molecule has 0 amide bonds. The lowest BCUT2D eigenvalue weighted by molar-refractivity contribution is 0.138. The Hall–Kier alpha value is -0.160. The highest BCUT2D eigenvalue weighted by Crippen LogP contribution is 1.99. The van der Waals surface area contributed by atoms with E-state index in [9.17, 15) is 0 Å². The molecule has 0 saturated carbocycles. The lowest BCUT2D eigenvalue weighted by atomic mass is 10.3. The van der Waals surface area contributed by atoms with Crippen molar-refractivity contribution in [3.8, 4) is 0 Å². The van der Waals surface area contributed by atoms with Crippen molar-refractivity contribution < 1.29 is 0 Å². The van der Waals surface area contributed by atoms with Crippen molar-refractivity contribution in [2.45, 2.75) is 33.0 Å². The van der Waals surface area contributed by atoms with E-state index in [1.165, 1.54) is 0 Å². The molecule has 4 heteroatoms. The van der Waals surface area contributed by atoms with Crippen molar-refractivity contribution in [1.29, 1.82) is 0 Å². The monoisotopic (exact) mass is 130 g/mol. The topological polar surface area (TPSA) is 39.3 Å². The second-order valence-electron chi connectivity index (χ2n) is 2.56. The van der Waals surface area contributed by atoms with Crippen LogP contribution in [0.1, 0.15) is 20.8 Å². The van der Waals surface area contributed by atoms with Gasteiger partial charge in [0.15, 0.2) is 0 Å². The summed E-state index contributed by atoms with van der Waals surface area (Å²) < 4.78 is 0. The van der Waals surface area contributed by atoms with Gasteiger partial charge in [0.25, 0.3) is 0 Å². The Kier molecular flexibility index (Phi) is 2.02. The van der Waals surface area contributed by atoms with Gasteiger partial charge in [-0.15, -0.1) is 0 Å². The summed E-state index contributed by atoms with van der Waals surface area (Å²) in [6.45, 7) is 6.36. The normalized spacial score (nSPS) is 30.0. The van der Waals surface area contributed by atoms with Crippen LogP contribution in [0.3, 0.4) is 0 Å². The minimum atomic E-state index is 0.366. The van der Waals surface area contributed by atoms with Gasteiger partial charge >= 0.3 is 0 Å². The molecule has 0 radical (unpaired) electrons. The van der Waals surface area contributed by atoms with E-state index in [0.717, 1.165) is 0 Å². The van der Waals surface area contributed by atoms with Gasteiger partial charge in [0, 0.05) is 6.04 Å². The fourth-order valence-corrected chi connectivity index (χ4v) is 0.944. The maximum Gasteiger partial charge on any atom is 0.0862 e. The summed E-state index contributed by atoms with van der Waals surface area (Å²) in [7, 11) is 0. The number of nitrogens with one attached hydrogen (secondary N) is 3. The molecule has 3 N–H and O–H groups in total. The van der Waals surface area contributed by atoms with E-state index in [1.54, 1.807) is 0 Å². The molecule has 0 aromatic carbocycles. The summed E-state index contributed by atoms with van der Waals surface area (Å²) >= 11 is 0. The highest BCUT2D eigenvalue weighted by Gasteiger charge is 2.20. The van der Waals surface area contributed by atoms with Crippen LogP contribution in [0.15, 0.2) is 0 Å². The molecule has 54 valence electrons. The molecule has 1 atom stereocenters. The number of nitrogens with zero attached hydrogens (tertiary/aromatic N) is 1. The standard InChI is InChI=1S/C5H14N4/c1-4(2)9-5(3)6-7-8-9/h4-8H,1-3H3. The summed E-state index contributed by atoms with van der Waals surface area (Å²) in [6.07, 6.45) is 0.366. The van der Waals surface area contributed by atoms with Crippen molar-refractivity contribution in [3.63, 3.8) is 0 Å². The fourth-order valence-electron chi connectivity index (χ4n) is 0.944. The van der Waals surface area contributed by atoms with Crippen LogP contribution >= 0.6 is 0 Å². The molecule has 9 heavy (non-hydrogen) atoms. The van der Waals surface area contributed by atoms with Gasteiger partial charge in [-0.05, 0) is 20.8 Å². The number of hydrogen-bond donors (Lipinski definition) is 3. The lowest BCUT2D eigenvalue weighted by Crippen LogP contribution is -2.43. The second kappa shape index (κ2) is 2.62. The van der Waals surface area contributed by atoms with Crippen molar-refractivity contribution in [3.05, 3.63) is 0 Å². The van der Waals surface area contributed by atoms with Crippen LogP contribution < -0.4 is 16.5 Å². The largest absolute Gasteiger partial charge is 0.225 e. The van der Waals surface area contributed by atoms with Crippen molar-refractivity contribution in [1.82, 2.24) is 21.5 Å². The zero-order valence-corrected chi connectivity index (χ0v) is 6.10. The average molecular weight is 130 g/mol. The first-order valence-corrected chi connectivity index (χ1v) is 3.26. The third kappa shape index (κ3) is 1.40. The van der Waals surface area contributed by atoms with E-state index in [2.05, 4.69) is 42.3 Å². The third-order valence-corrected chi connectivity index (χ3v) is 1.44. The van der Waals surface area contributed by atoms with Gasteiger partial charge in [0.2, 0.25) is 0 Å². The molecule has 0 aromatic rings. The summed E-state index contributed by atoms with van der Waals surface area (Å²) in [6, 6.07) is 0.516. The van der Waals surface area contributed by atoms with Crippen molar-refractivity contribution in [2.24, 2.45) is 0 Å². The summed E-state index contributed by atoms with van der Waals surface area (Å²) in [5.74, 6) is 0. The van der Waals surface area contributed by atoms with Crippen LogP contribution in [0.25, 0.3) is 0 Å². The first-order valence-electron chi connectivity index (χ1n) is 3.26. The van der Waals surface area contributed by atoms with Crippen LogP contribution in [0.4, 0.5) is 0 Å². The van der Waals surface area contributed by atoms with Crippen LogP contribution in [0.5, 0.6) is 0 Å². The molecule has 0 spiro atoms. The van der Waals surface area contributed by atoms with Crippen LogP contribution in [0, 0.1) is 0 Å². The van der Waals surface area contributed by atoms with Gasteiger partial charge in [-0.2, -0.15) is 11.1 Å². The first-order chi connectivity index (χ1) is 4.22. The molecule has 0 aliphatic carbocycles. The highest BCUT2D eigenvalue weighted by atomic mass is 15.9. The van der Waals surface area contributed by atoms with Crippen molar-refractivity contribution in [2.75, 3.05) is 0 Å². The molecule has 1 rings (SSSR count). The molecule has 1 aliphatic heterocycles. The van der Waals surface area contributed by atoms with Gasteiger partial charge in [0.05, 0.1) is 6.17 Å². The van der Waals surface area contributed by atoms with Crippen LogP contribution in [0.2, 0.25) is 0 Å². The Balaban J connectivity index is 2.40. The van der Waals surface area contributed by atoms with Gasteiger partial charge in [-0.3, -0.25) is 0 Å². The molecule has 0 aromatic heterocycles. The summed E-state index contributed by atoms with van der Waals surface area (Å²) in [5, 5.41) is 2.10. The number of hydrazine groups is 3. The average Bonchev–Trinajstić information content (AvgIpc) is 2.13. The van der Waals surface area contributed by atoms with Gasteiger partial charge < -0.3 is 0 Å². The second-order valence-corrected chi connectivity index (χ2v) is 2.56. The molecule has 1 unspecified atom stereocenters. The Morgan fingerprint density at radius 1 is 1.44 bits per heavy atom. The Morgan fingerprint density at radius 2 is 2.11 bits per heavy atom. The molecule has 1 fully saturated rings. The molecule has 1 aliphatic rings. The molecular formula is C5H14N4. The van der Waals surface area contributed by atoms with Gasteiger partial charge in [0.1, 0.15) is 0 Å². The quantitative estimate of drug-likeness (QED) is 0.450. The van der Waals surface area contributed by atoms with E-state index in [0.29, 0.717) is 12.2 Å². The molecule has 1 heterocycles. The minimum absolute atomic E-state index is 0.366. The number of hydrogen-bond acceptors (Lipinski definition) is 4. The SMILES string of the molecule is CC(C)N1NNNC1C. The lowest BCUT2D eigenvalue weighted by Gasteiger charge is -2.22. The van der Waals surface area contributed by atoms with Gasteiger partial charge in [-0.25, -0.2) is 10.4 Å². The van der Waals surface area contributed by atoms with E-state index >= 15 is 0 Å². The Bertz CT molecular complexity index is 93.0. The maximum absolute atomic E-state index is 3.02. The highest BCUT2D eigenvalue weighted by molar-refractivity contribution is 4.65. The summed E-state index contributed by atoms with van der Waals surface area (Å²) in [4.78, 5) is 0. The molecular weight excluding hydrogens is 116 g/mol. The zero-order chi connectivity index (χ0) is 6.85. The fraction of sp³-hybridized carbons (Fsp3) is 1.00. The number of rotatable bonds is 1.